The first kappa shape index (κ1) is 15.2. The number of para-hydroxylation sites is 1. The van der Waals surface area contributed by atoms with Crippen molar-refractivity contribution in [2.45, 2.75) is 6.04 Å². The molecule has 0 spiro atoms. The average molecular weight is 277 g/mol. The first-order valence-corrected chi connectivity index (χ1v) is 5.77. The topological polar surface area (TPSA) is 55.7 Å². The number of nitrogens with one attached hydrogen (secondary N) is 1. The first-order chi connectivity index (χ1) is 8.24. The summed E-state index contributed by atoms with van der Waals surface area (Å²) < 4.78 is 13.3. The fraction of sp³-hybridized carbons (Fsp3) is 0.500. The average Bonchev–Trinajstić information content (AvgIpc) is 2.37. The van der Waals surface area contributed by atoms with Crippen LogP contribution in [0.15, 0.2) is 18.2 Å². The summed E-state index contributed by atoms with van der Waals surface area (Å²) in [6.45, 7) is 3.11. The molecule has 0 saturated carbocycles. The lowest BCUT2D eigenvalue weighted by molar-refractivity contribution is 0.108. The van der Waals surface area contributed by atoms with E-state index in [2.05, 4.69) is 5.32 Å². The fourth-order valence-electron chi connectivity index (χ4n) is 2.21. The minimum Gasteiger partial charge on any atom is -0.505 e. The summed E-state index contributed by atoms with van der Waals surface area (Å²) in [6.07, 6.45) is 0. The Bertz CT molecular complexity index is 386. The normalized spacial score (nSPS) is 18.1. The van der Waals surface area contributed by atoms with Gasteiger partial charge >= 0.3 is 0 Å². The summed E-state index contributed by atoms with van der Waals surface area (Å²) >= 11 is 0. The maximum Gasteiger partial charge on any atom is 0.165 e. The van der Waals surface area contributed by atoms with E-state index in [0.29, 0.717) is 5.56 Å². The van der Waals surface area contributed by atoms with Crippen LogP contribution >= 0.6 is 12.4 Å². The molecule has 1 saturated heterocycles. The van der Waals surface area contributed by atoms with Gasteiger partial charge < -0.3 is 15.5 Å². The van der Waals surface area contributed by atoms with Crippen LogP contribution in [-0.4, -0.2) is 47.9 Å². The molecule has 1 aliphatic rings. The van der Waals surface area contributed by atoms with Crippen molar-refractivity contribution >= 4 is 12.4 Å². The van der Waals surface area contributed by atoms with Gasteiger partial charge in [-0.3, -0.25) is 4.90 Å². The summed E-state index contributed by atoms with van der Waals surface area (Å²) in [5, 5.41) is 22.4. The van der Waals surface area contributed by atoms with Gasteiger partial charge in [0.25, 0.3) is 0 Å². The van der Waals surface area contributed by atoms with Gasteiger partial charge in [-0.25, -0.2) is 4.39 Å². The highest BCUT2D eigenvalue weighted by atomic mass is 35.5. The van der Waals surface area contributed by atoms with Crippen LogP contribution in [0.25, 0.3) is 0 Å². The molecule has 0 radical (unpaired) electrons. The Morgan fingerprint density at radius 3 is 2.61 bits per heavy atom. The number of aliphatic hydroxyl groups excluding tert-OH is 1. The maximum absolute atomic E-state index is 13.3. The Morgan fingerprint density at radius 2 is 2.00 bits per heavy atom. The predicted molar refractivity (Wildman–Crippen MR) is 69.6 cm³/mol. The van der Waals surface area contributed by atoms with E-state index in [0.717, 1.165) is 26.2 Å². The van der Waals surface area contributed by atoms with Crippen LogP contribution in [0.2, 0.25) is 0 Å². The van der Waals surface area contributed by atoms with E-state index in [9.17, 15) is 14.6 Å². The van der Waals surface area contributed by atoms with Crippen molar-refractivity contribution in [2.75, 3.05) is 32.8 Å². The molecular formula is C12H18ClFN2O2. The largest absolute Gasteiger partial charge is 0.505 e. The smallest absolute Gasteiger partial charge is 0.165 e. The molecule has 1 atom stereocenters. The molecule has 102 valence electrons. The molecule has 0 bridgehead atoms. The van der Waals surface area contributed by atoms with Crippen molar-refractivity contribution in [3.05, 3.63) is 29.6 Å². The number of piperazine rings is 1. The van der Waals surface area contributed by atoms with E-state index in [-0.39, 0.29) is 30.8 Å². The second-order valence-corrected chi connectivity index (χ2v) is 4.16. The highest BCUT2D eigenvalue weighted by molar-refractivity contribution is 5.85. The Hall–Kier alpha value is -0.880. The van der Waals surface area contributed by atoms with Crippen LogP contribution in [0.4, 0.5) is 4.39 Å². The summed E-state index contributed by atoms with van der Waals surface area (Å²) in [5.41, 5.74) is 0.453. The second-order valence-electron chi connectivity index (χ2n) is 4.16. The van der Waals surface area contributed by atoms with E-state index in [1.807, 2.05) is 4.90 Å². The van der Waals surface area contributed by atoms with Crippen molar-refractivity contribution in [2.24, 2.45) is 0 Å². The second kappa shape index (κ2) is 6.89. The summed E-state index contributed by atoms with van der Waals surface area (Å²) in [5.74, 6) is -0.999. The molecule has 6 heteroatoms. The molecule has 2 rings (SSSR count). The fourth-order valence-corrected chi connectivity index (χ4v) is 2.21. The van der Waals surface area contributed by atoms with E-state index < -0.39 is 5.82 Å². The van der Waals surface area contributed by atoms with Crippen molar-refractivity contribution in [1.82, 2.24) is 10.2 Å². The lowest BCUT2D eigenvalue weighted by Gasteiger charge is -2.34. The van der Waals surface area contributed by atoms with Crippen LogP contribution in [0.3, 0.4) is 0 Å². The number of nitrogens with zero attached hydrogens (tertiary/aromatic N) is 1. The molecule has 1 aromatic carbocycles. The number of benzene rings is 1. The number of rotatable bonds is 3. The van der Waals surface area contributed by atoms with Crippen molar-refractivity contribution in [3.8, 4) is 5.75 Å². The molecule has 4 nitrogen and oxygen atoms in total. The lowest BCUT2D eigenvalue weighted by atomic mass is 10.0. The van der Waals surface area contributed by atoms with Crippen LogP contribution in [0, 0.1) is 5.82 Å². The van der Waals surface area contributed by atoms with Crippen LogP contribution in [0.1, 0.15) is 11.6 Å². The minimum atomic E-state index is -0.643. The first-order valence-electron chi connectivity index (χ1n) is 5.77. The minimum absolute atomic E-state index is 0. The zero-order valence-electron chi connectivity index (χ0n) is 9.97. The number of phenols is 1. The molecule has 1 aliphatic heterocycles. The lowest BCUT2D eigenvalue weighted by Crippen LogP contribution is -2.46. The molecule has 0 aliphatic carbocycles. The van der Waals surface area contributed by atoms with E-state index in [1.54, 1.807) is 12.1 Å². The molecule has 0 unspecified atom stereocenters. The Morgan fingerprint density at radius 1 is 1.33 bits per heavy atom. The molecule has 1 fully saturated rings. The highest BCUT2D eigenvalue weighted by Gasteiger charge is 2.24. The molecule has 0 amide bonds. The monoisotopic (exact) mass is 276 g/mol. The number of aliphatic hydroxyl groups is 1. The van der Waals surface area contributed by atoms with Gasteiger partial charge in [0.05, 0.1) is 12.6 Å². The number of aromatic hydroxyl groups is 1. The predicted octanol–water partition coefficient (Wildman–Crippen LogP) is 0.892. The third-order valence-electron chi connectivity index (χ3n) is 3.14. The van der Waals surface area contributed by atoms with Gasteiger partial charge in [0.1, 0.15) is 0 Å². The number of hydrogen-bond acceptors (Lipinski definition) is 4. The van der Waals surface area contributed by atoms with Gasteiger partial charge in [0, 0.05) is 31.7 Å². The SMILES string of the molecule is Cl.OC[C@@H](c1cccc(F)c1O)N1CCNCC1. The van der Waals surface area contributed by atoms with Crippen molar-refractivity contribution in [1.29, 1.82) is 0 Å². The van der Waals surface area contributed by atoms with Crippen molar-refractivity contribution < 1.29 is 14.6 Å². The molecule has 1 aromatic rings. The molecule has 3 N–H and O–H groups in total. The third-order valence-corrected chi connectivity index (χ3v) is 3.14. The van der Waals surface area contributed by atoms with E-state index in [4.69, 9.17) is 0 Å². The van der Waals surface area contributed by atoms with Gasteiger partial charge in [0.15, 0.2) is 11.6 Å². The van der Waals surface area contributed by atoms with Gasteiger partial charge in [-0.05, 0) is 6.07 Å². The van der Waals surface area contributed by atoms with Crippen LogP contribution in [-0.2, 0) is 0 Å². The standard InChI is InChI=1S/C12H17FN2O2.ClH/c13-10-3-1-2-9(12(10)17)11(8-16)15-6-4-14-5-7-15;/h1-3,11,14,16-17H,4-8H2;1H/t11-;/m0./s1. The summed E-state index contributed by atoms with van der Waals surface area (Å²) in [4.78, 5) is 2.05. The summed E-state index contributed by atoms with van der Waals surface area (Å²) in [6, 6.07) is 4.08. The number of hydrogen-bond donors (Lipinski definition) is 3. The van der Waals surface area contributed by atoms with Gasteiger partial charge in [0.2, 0.25) is 0 Å². The number of phenolic OH excluding ortho intramolecular Hbond substituents is 1. The molecule has 0 aromatic heterocycles. The van der Waals surface area contributed by atoms with Crippen LogP contribution < -0.4 is 5.32 Å². The third kappa shape index (κ3) is 3.11. The molecular weight excluding hydrogens is 259 g/mol. The van der Waals surface area contributed by atoms with E-state index >= 15 is 0 Å². The van der Waals surface area contributed by atoms with Crippen LogP contribution in [0.5, 0.6) is 5.75 Å². The Kier molecular flexibility index (Phi) is 5.81. The highest BCUT2D eigenvalue weighted by Crippen LogP contribution is 2.30. The van der Waals surface area contributed by atoms with Crippen molar-refractivity contribution in [3.63, 3.8) is 0 Å². The van der Waals surface area contributed by atoms with Gasteiger partial charge in [-0.2, -0.15) is 0 Å². The van der Waals surface area contributed by atoms with Gasteiger partial charge in [-0.1, -0.05) is 12.1 Å². The zero-order valence-corrected chi connectivity index (χ0v) is 10.8. The van der Waals surface area contributed by atoms with E-state index in [1.165, 1.54) is 6.07 Å². The number of halogens is 2. The summed E-state index contributed by atoms with van der Waals surface area (Å²) in [7, 11) is 0. The molecule has 1 heterocycles. The quantitative estimate of drug-likeness (QED) is 0.768. The van der Waals surface area contributed by atoms with Gasteiger partial charge in [-0.15, -0.1) is 12.4 Å². The zero-order chi connectivity index (χ0) is 12.3. The Balaban J connectivity index is 0.00000162. The molecule has 18 heavy (non-hydrogen) atoms. The maximum atomic E-state index is 13.3. The Labute approximate surface area is 112 Å².